The minimum Gasteiger partial charge on any atom is -0.481 e. The van der Waals surface area contributed by atoms with Gasteiger partial charge >= 0.3 is 0 Å². The van der Waals surface area contributed by atoms with Gasteiger partial charge in [0.2, 0.25) is 0 Å². The molecule has 0 spiro atoms. The Balaban J connectivity index is 1.93. The summed E-state index contributed by atoms with van der Waals surface area (Å²) >= 11 is 5.83. The van der Waals surface area contributed by atoms with Crippen molar-refractivity contribution in [2.75, 3.05) is 5.32 Å². The maximum Gasteiger partial charge on any atom is 0.265 e. The van der Waals surface area contributed by atoms with Crippen LogP contribution in [-0.2, 0) is 4.79 Å². The molecule has 2 atom stereocenters. The number of rotatable bonds is 6. The lowest BCUT2D eigenvalue weighted by molar-refractivity contribution is -0.122. The third-order valence-corrected chi connectivity index (χ3v) is 4.11. The third kappa shape index (κ3) is 5.00. The first-order valence-electron chi connectivity index (χ1n) is 7.82. The molecule has 0 radical (unpaired) electrons. The topological polar surface area (TPSA) is 38.3 Å². The van der Waals surface area contributed by atoms with E-state index in [-0.39, 0.29) is 5.91 Å². The predicted octanol–water partition coefficient (Wildman–Crippen LogP) is 5.26. The van der Waals surface area contributed by atoms with Crippen LogP contribution in [-0.4, -0.2) is 12.0 Å². The van der Waals surface area contributed by atoms with Gasteiger partial charge in [-0.2, -0.15) is 0 Å². The molecule has 0 aliphatic rings. The van der Waals surface area contributed by atoms with E-state index in [1.165, 1.54) is 5.56 Å². The number of hydrogen-bond acceptors (Lipinski definition) is 2. The molecule has 3 nitrogen and oxygen atoms in total. The summed E-state index contributed by atoms with van der Waals surface area (Å²) in [4.78, 5) is 12.2. The lowest BCUT2D eigenvalue weighted by Crippen LogP contribution is -2.30. The second kappa shape index (κ2) is 8.02. The number of amides is 1. The van der Waals surface area contributed by atoms with Crippen molar-refractivity contribution in [3.05, 3.63) is 59.1 Å². The normalized spacial score (nSPS) is 13.2. The Hall–Kier alpha value is -2.00. The van der Waals surface area contributed by atoms with Crippen molar-refractivity contribution in [1.29, 1.82) is 0 Å². The number of carbonyl (C=O) groups excluding carboxylic acids is 1. The Morgan fingerprint density at radius 2 is 1.70 bits per heavy atom. The summed E-state index contributed by atoms with van der Waals surface area (Å²) in [5, 5.41) is 3.50. The zero-order valence-electron chi connectivity index (χ0n) is 13.7. The van der Waals surface area contributed by atoms with E-state index in [1.807, 2.05) is 12.1 Å². The fraction of sp³-hybridized carbons (Fsp3) is 0.316. The first-order chi connectivity index (χ1) is 11.0. The second-order valence-electron chi connectivity index (χ2n) is 5.63. The minimum atomic E-state index is -0.592. The average Bonchev–Trinajstić information content (AvgIpc) is 2.56. The molecular weight excluding hydrogens is 310 g/mol. The Bertz CT molecular complexity index is 637. The average molecular weight is 332 g/mol. The van der Waals surface area contributed by atoms with E-state index >= 15 is 0 Å². The van der Waals surface area contributed by atoms with Gasteiger partial charge in [-0.1, -0.05) is 37.6 Å². The summed E-state index contributed by atoms with van der Waals surface area (Å²) in [5.74, 6) is 0.951. The van der Waals surface area contributed by atoms with Crippen molar-refractivity contribution < 1.29 is 9.53 Å². The van der Waals surface area contributed by atoms with E-state index < -0.39 is 6.10 Å². The van der Waals surface area contributed by atoms with Gasteiger partial charge in [0.25, 0.3) is 5.91 Å². The van der Waals surface area contributed by atoms with E-state index in [4.69, 9.17) is 16.3 Å². The largest absolute Gasteiger partial charge is 0.481 e. The van der Waals surface area contributed by atoms with Crippen LogP contribution in [0, 0.1) is 0 Å². The summed E-state index contributed by atoms with van der Waals surface area (Å²) in [6.07, 6.45) is 0.503. The molecule has 122 valence electrons. The maximum absolute atomic E-state index is 12.2. The van der Waals surface area contributed by atoms with E-state index in [9.17, 15) is 4.79 Å². The highest BCUT2D eigenvalue weighted by molar-refractivity contribution is 6.30. The summed E-state index contributed by atoms with van der Waals surface area (Å²) in [6, 6.07) is 14.9. The first-order valence-corrected chi connectivity index (χ1v) is 8.20. The Labute approximate surface area is 142 Å². The number of benzene rings is 2. The van der Waals surface area contributed by atoms with Crippen LogP contribution in [0.5, 0.6) is 5.75 Å². The Kier molecular flexibility index (Phi) is 6.05. The zero-order chi connectivity index (χ0) is 16.8. The maximum atomic E-state index is 12.2. The lowest BCUT2D eigenvalue weighted by atomic mass is 9.99. The number of nitrogens with one attached hydrogen (secondary N) is 1. The van der Waals surface area contributed by atoms with Crippen molar-refractivity contribution in [2.24, 2.45) is 0 Å². The zero-order valence-corrected chi connectivity index (χ0v) is 14.4. The van der Waals surface area contributed by atoms with Crippen molar-refractivity contribution in [1.82, 2.24) is 0 Å². The van der Waals surface area contributed by atoms with Gasteiger partial charge in [0.15, 0.2) is 6.10 Å². The number of carbonyl (C=O) groups is 1. The number of ether oxygens (including phenoxy) is 1. The molecule has 0 saturated carbocycles. The van der Waals surface area contributed by atoms with Crippen LogP contribution in [0.4, 0.5) is 5.69 Å². The molecule has 2 aromatic rings. The Morgan fingerprint density at radius 3 is 2.26 bits per heavy atom. The fourth-order valence-electron chi connectivity index (χ4n) is 2.15. The number of hydrogen-bond donors (Lipinski definition) is 1. The van der Waals surface area contributed by atoms with Gasteiger partial charge < -0.3 is 10.1 Å². The van der Waals surface area contributed by atoms with Gasteiger partial charge in [-0.3, -0.25) is 4.79 Å². The molecule has 0 aromatic heterocycles. The van der Waals surface area contributed by atoms with Crippen LogP contribution in [0.3, 0.4) is 0 Å². The summed E-state index contributed by atoms with van der Waals surface area (Å²) in [7, 11) is 0. The van der Waals surface area contributed by atoms with Crippen LogP contribution in [0.25, 0.3) is 0 Å². The Morgan fingerprint density at radius 1 is 1.09 bits per heavy atom. The van der Waals surface area contributed by atoms with Crippen LogP contribution < -0.4 is 10.1 Å². The van der Waals surface area contributed by atoms with Crippen LogP contribution >= 0.6 is 11.6 Å². The molecule has 0 bridgehead atoms. The molecule has 2 rings (SSSR count). The molecule has 0 heterocycles. The smallest absolute Gasteiger partial charge is 0.265 e. The summed E-state index contributed by atoms with van der Waals surface area (Å²) < 4.78 is 5.61. The molecule has 2 aromatic carbocycles. The van der Waals surface area contributed by atoms with Gasteiger partial charge in [0.1, 0.15) is 5.75 Å². The first kappa shape index (κ1) is 17.4. The summed E-state index contributed by atoms with van der Waals surface area (Å²) in [6.45, 7) is 6.07. The molecule has 0 aliphatic heterocycles. The van der Waals surface area contributed by atoms with E-state index in [1.54, 1.807) is 31.2 Å². The molecule has 0 fully saturated rings. The second-order valence-corrected chi connectivity index (χ2v) is 6.07. The standard InChI is InChI=1S/C19H22ClNO2/c1-4-13(2)15-5-9-17(10-6-15)21-19(22)14(3)23-18-11-7-16(20)8-12-18/h5-14H,4H2,1-3H3,(H,21,22)/t13-,14+/m0/s1. The van der Waals surface area contributed by atoms with Gasteiger partial charge in [-0.15, -0.1) is 0 Å². The molecule has 0 aliphatic carbocycles. The number of anilines is 1. The molecule has 0 unspecified atom stereocenters. The van der Waals surface area contributed by atoms with Crippen LogP contribution in [0.2, 0.25) is 5.02 Å². The van der Waals surface area contributed by atoms with Gasteiger partial charge in [0.05, 0.1) is 0 Å². The van der Waals surface area contributed by atoms with E-state index in [2.05, 4.69) is 31.3 Å². The minimum absolute atomic E-state index is 0.184. The third-order valence-electron chi connectivity index (χ3n) is 3.86. The monoisotopic (exact) mass is 331 g/mol. The quantitative estimate of drug-likeness (QED) is 0.784. The molecular formula is C19H22ClNO2. The van der Waals surface area contributed by atoms with Crippen molar-refractivity contribution in [3.8, 4) is 5.75 Å². The number of halogens is 1. The molecule has 4 heteroatoms. The fourth-order valence-corrected chi connectivity index (χ4v) is 2.27. The van der Waals surface area contributed by atoms with E-state index in [0.29, 0.717) is 16.7 Å². The van der Waals surface area contributed by atoms with Gasteiger partial charge in [-0.05, 0) is 61.2 Å². The highest BCUT2D eigenvalue weighted by Crippen LogP contribution is 2.21. The van der Waals surface area contributed by atoms with Crippen molar-refractivity contribution in [3.63, 3.8) is 0 Å². The van der Waals surface area contributed by atoms with Gasteiger partial charge in [-0.25, -0.2) is 0 Å². The highest BCUT2D eigenvalue weighted by atomic mass is 35.5. The SMILES string of the molecule is CC[C@H](C)c1ccc(NC(=O)[C@@H](C)Oc2ccc(Cl)cc2)cc1. The molecule has 1 amide bonds. The lowest BCUT2D eigenvalue weighted by Gasteiger charge is -2.15. The highest BCUT2D eigenvalue weighted by Gasteiger charge is 2.15. The molecule has 0 saturated heterocycles. The predicted molar refractivity (Wildman–Crippen MR) is 95.3 cm³/mol. The van der Waals surface area contributed by atoms with Crippen LogP contribution in [0.1, 0.15) is 38.7 Å². The molecule has 1 N–H and O–H groups in total. The van der Waals surface area contributed by atoms with Gasteiger partial charge in [0, 0.05) is 10.7 Å². The van der Waals surface area contributed by atoms with Crippen LogP contribution in [0.15, 0.2) is 48.5 Å². The summed E-state index contributed by atoms with van der Waals surface area (Å²) in [5.41, 5.74) is 2.05. The molecule has 23 heavy (non-hydrogen) atoms. The van der Waals surface area contributed by atoms with Crippen molar-refractivity contribution >= 4 is 23.2 Å². The van der Waals surface area contributed by atoms with Crippen molar-refractivity contribution in [2.45, 2.75) is 39.2 Å². The van der Waals surface area contributed by atoms with E-state index in [0.717, 1.165) is 12.1 Å².